The molecule has 1 saturated heterocycles. The molecule has 5 heteroatoms. The summed E-state index contributed by atoms with van der Waals surface area (Å²) in [5, 5.41) is 2.85. The monoisotopic (exact) mass is 322 g/mol. The van der Waals surface area contributed by atoms with Gasteiger partial charge in [-0.05, 0) is 42.8 Å². The molecule has 24 heavy (non-hydrogen) atoms. The summed E-state index contributed by atoms with van der Waals surface area (Å²) in [6.07, 6.45) is 1.50. The van der Waals surface area contributed by atoms with Gasteiger partial charge < -0.3 is 10.1 Å². The molecule has 1 fully saturated rings. The third-order valence-corrected chi connectivity index (χ3v) is 3.74. The summed E-state index contributed by atoms with van der Waals surface area (Å²) in [6, 6.07) is 16.8. The van der Waals surface area contributed by atoms with Gasteiger partial charge in [-0.25, -0.2) is 4.79 Å². The Labute approximate surface area is 140 Å². The first-order valence-corrected chi connectivity index (χ1v) is 7.72. The second-order valence-corrected chi connectivity index (χ2v) is 5.51. The van der Waals surface area contributed by atoms with Gasteiger partial charge in [0.25, 0.3) is 5.91 Å². The molecule has 1 heterocycles. The predicted octanol–water partition coefficient (Wildman–Crippen LogP) is 3.69. The van der Waals surface area contributed by atoms with Crippen LogP contribution < -0.4 is 10.2 Å². The molecule has 2 aromatic carbocycles. The second kappa shape index (κ2) is 7.00. The lowest BCUT2D eigenvalue weighted by atomic mass is 10.1. The zero-order valence-electron chi connectivity index (χ0n) is 13.4. The van der Waals surface area contributed by atoms with Crippen LogP contribution in [0.4, 0.5) is 16.2 Å². The van der Waals surface area contributed by atoms with Gasteiger partial charge in [-0.2, -0.15) is 0 Å². The molecular formula is C19H18N2O3. The zero-order chi connectivity index (χ0) is 16.9. The van der Waals surface area contributed by atoms with Gasteiger partial charge in [0, 0.05) is 16.9 Å². The lowest BCUT2D eigenvalue weighted by molar-refractivity contribution is -0.112. The van der Waals surface area contributed by atoms with Crippen molar-refractivity contribution in [3.05, 3.63) is 65.7 Å². The molecule has 1 N–H and O–H groups in total. The summed E-state index contributed by atoms with van der Waals surface area (Å²) in [4.78, 5) is 25.3. The molecule has 2 aromatic rings. The topological polar surface area (TPSA) is 58.6 Å². The summed E-state index contributed by atoms with van der Waals surface area (Å²) < 4.78 is 4.91. The van der Waals surface area contributed by atoms with E-state index in [1.165, 1.54) is 0 Å². The molecule has 5 nitrogen and oxygen atoms in total. The molecule has 0 aromatic heterocycles. The van der Waals surface area contributed by atoms with E-state index in [0.29, 0.717) is 24.4 Å². The van der Waals surface area contributed by atoms with Crippen LogP contribution in [0, 0.1) is 0 Å². The minimum Gasteiger partial charge on any atom is -0.447 e. The Hall–Kier alpha value is -3.08. The number of hydrogen-bond acceptors (Lipinski definition) is 3. The summed E-state index contributed by atoms with van der Waals surface area (Å²) in [7, 11) is 0. The summed E-state index contributed by atoms with van der Waals surface area (Å²) in [5.41, 5.74) is 3.03. The highest BCUT2D eigenvalue weighted by Crippen LogP contribution is 2.21. The van der Waals surface area contributed by atoms with Crippen LogP contribution in [0.25, 0.3) is 6.08 Å². The molecule has 2 amide bonds. The van der Waals surface area contributed by atoms with Crippen LogP contribution in [0.15, 0.2) is 60.2 Å². The maximum absolute atomic E-state index is 12.2. The van der Waals surface area contributed by atoms with Gasteiger partial charge in [-0.3, -0.25) is 9.69 Å². The van der Waals surface area contributed by atoms with Crippen molar-refractivity contribution in [1.29, 1.82) is 0 Å². The fourth-order valence-electron chi connectivity index (χ4n) is 2.45. The number of benzene rings is 2. The summed E-state index contributed by atoms with van der Waals surface area (Å²) in [6.45, 7) is 2.72. The molecular weight excluding hydrogens is 304 g/mol. The molecule has 0 radical (unpaired) electrons. The number of carbonyl (C=O) groups excluding carboxylic acids is 2. The number of anilines is 2. The van der Waals surface area contributed by atoms with E-state index in [1.54, 1.807) is 36.1 Å². The van der Waals surface area contributed by atoms with E-state index in [1.807, 2.05) is 36.4 Å². The van der Waals surface area contributed by atoms with Crippen molar-refractivity contribution < 1.29 is 14.3 Å². The van der Waals surface area contributed by atoms with E-state index in [0.717, 1.165) is 11.3 Å². The average molecular weight is 322 g/mol. The van der Waals surface area contributed by atoms with Crippen molar-refractivity contribution in [3.8, 4) is 0 Å². The van der Waals surface area contributed by atoms with Crippen molar-refractivity contribution in [1.82, 2.24) is 0 Å². The van der Waals surface area contributed by atoms with Crippen molar-refractivity contribution >= 4 is 29.5 Å². The number of amides is 2. The number of ether oxygens (including phenoxy) is 1. The smallest absolute Gasteiger partial charge is 0.414 e. The largest absolute Gasteiger partial charge is 0.447 e. The van der Waals surface area contributed by atoms with Gasteiger partial charge in [0.1, 0.15) is 6.61 Å². The highest BCUT2D eigenvalue weighted by atomic mass is 16.6. The normalized spacial score (nSPS) is 14.5. The van der Waals surface area contributed by atoms with Gasteiger partial charge in [-0.1, -0.05) is 30.3 Å². The average Bonchev–Trinajstić information content (AvgIpc) is 3.02. The van der Waals surface area contributed by atoms with Crippen LogP contribution in [0.2, 0.25) is 0 Å². The van der Waals surface area contributed by atoms with Crippen molar-refractivity contribution in [2.45, 2.75) is 6.92 Å². The SMILES string of the molecule is C/C(=C\c1ccccc1)C(=O)Nc1ccc(N2CCOC2=O)cc1. The molecule has 122 valence electrons. The first kappa shape index (κ1) is 15.8. The molecule has 0 unspecified atom stereocenters. The van der Waals surface area contributed by atoms with Crippen LogP contribution in [0.1, 0.15) is 12.5 Å². The third-order valence-electron chi connectivity index (χ3n) is 3.74. The molecule has 1 aliphatic heterocycles. The maximum atomic E-state index is 12.2. The number of cyclic esters (lactones) is 1. The molecule has 0 spiro atoms. The quantitative estimate of drug-likeness (QED) is 0.874. The van der Waals surface area contributed by atoms with Crippen molar-refractivity contribution in [2.75, 3.05) is 23.4 Å². The Bertz CT molecular complexity index is 767. The van der Waals surface area contributed by atoms with Gasteiger partial charge in [0.05, 0.1) is 6.54 Å². The molecule has 1 aliphatic rings. The Balaban J connectivity index is 1.66. The van der Waals surface area contributed by atoms with E-state index in [-0.39, 0.29) is 12.0 Å². The van der Waals surface area contributed by atoms with E-state index in [9.17, 15) is 9.59 Å². The van der Waals surface area contributed by atoms with E-state index >= 15 is 0 Å². The Morgan fingerprint density at radius 3 is 2.46 bits per heavy atom. The lowest BCUT2D eigenvalue weighted by Crippen LogP contribution is -2.23. The number of rotatable bonds is 4. The highest BCUT2D eigenvalue weighted by Gasteiger charge is 2.23. The van der Waals surface area contributed by atoms with Gasteiger partial charge in [0.15, 0.2) is 0 Å². The standard InChI is InChI=1S/C19H18N2O3/c1-14(13-15-5-3-2-4-6-15)18(22)20-16-7-9-17(10-8-16)21-11-12-24-19(21)23/h2-10,13H,11-12H2,1H3,(H,20,22)/b14-13+. The molecule has 0 atom stereocenters. The zero-order valence-corrected chi connectivity index (χ0v) is 13.4. The van der Waals surface area contributed by atoms with Crippen molar-refractivity contribution in [3.63, 3.8) is 0 Å². The minimum absolute atomic E-state index is 0.160. The fourth-order valence-corrected chi connectivity index (χ4v) is 2.45. The van der Waals surface area contributed by atoms with Gasteiger partial charge in [0.2, 0.25) is 0 Å². The maximum Gasteiger partial charge on any atom is 0.414 e. The van der Waals surface area contributed by atoms with Crippen LogP contribution in [-0.2, 0) is 9.53 Å². The molecule has 0 aliphatic carbocycles. The van der Waals surface area contributed by atoms with E-state index < -0.39 is 0 Å². The molecule has 3 rings (SSSR count). The van der Waals surface area contributed by atoms with Crippen LogP contribution in [0.3, 0.4) is 0 Å². The van der Waals surface area contributed by atoms with Crippen LogP contribution >= 0.6 is 0 Å². The van der Waals surface area contributed by atoms with Gasteiger partial charge in [-0.15, -0.1) is 0 Å². The Kier molecular flexibility index (Phi) is 4.61. The van der Waals surface area contributed by atoms with Crippen LogP contribution in [0.5, 0.6) is 0 Å². The molecule has 0 saturated carbocycles. The van der Waals surface area contributed by atoms with E-state index in [2.05, 4.69) is 5.32 Å². The predicted molar refractivity (Wildman–Crippen MR) is 93.9 cm³/mol. The second-order valence-electron chi connectivity index (χ2n) is 5.51. The number of nitrogens with one attached hydrogen (secondary N) is 1. The number of nitrogens with zero attached hydrogens (tertiary/aromatic N) is 1. The Morgan fingerprint density at radius 2 is 1.83 bits per heavy atom. The first-order valence-electron chi connectivity index (χ1n) is 7.72. The molecule has 0 bridgehead atoms. The number of hydrogen-bond donors (Lipinski definition) is 1. The Morgan fingerprint density at radius 1 is 1.12 bits per heavy atom. The fraction of sp³-hybridized carbons (Fsp3) is 0.158. The third kappa shape index (κ3) is 3.63. The summed E-state index contributed by atoms with van der Waals surface area (Å²) >= 11 is 0. The van der Waals surface area contributed by atoms with Gasteiger partial charge >= 0.3 is 6.09 Å². The number of carbonyl (C=O) groups is 2. The lowest BCUT2D eigenvalue weighted by Gasteiger charge is -2.13. The first-order chi connectivity index (χ1) is 11.6. The summed E-state index contributed by atoms with van der Waals surface area (Å²) in [5.74, 6) is -0.160. The van der Waals surface area contributed by atoms with Crippen LogP contribution in [-0.4, -0.2) is 25.2 Å². The highest BCUT2D eigenvalue weighted by molar-refractivity contribution is 6.06. The minimum atomic E-state index is -0.339. The van der Waals surface area contributed by atoms with Crippen molar-refractivity contribution in [2.24, 2.45) is 0 Å². The van der Waals surface area contributed by atoms with E-state index in [4.69, 9.17) is 4.74 Å².